The average Bonchev–Trinajstić information content (AvgIpc) is 2.74. The summed E-state index contributed by atoms with van der Waals surface area (Å²) in [6.07, 6.45) is 5.05. The smallest absolute Gasteiger partial charge is 0.221 e. The molecule has 1 rings (SSSR count). The molecular formula is C12H22N4O. The predicted molar refractivity (Wildman–Crippen MR) is 67.5 cm³/mol. The van der Waals surface area contributed by atoms with Crippen molar-refractivity contribution in [2.24, 2.45) is 0 Å². The predicted octanol–water partition coefficient (Wildman–Crippen LogP) is 0.907. The number of carbonyl (C=O) groups excluding carboxylic acids is 1. The van der Waals surface area contributed by atoms with Gasteiger partial charge in [-0.15, -0.1) is 0 Å². The summed E-state index contributed by atoms with van der Waals surface area (Å²) in [5.41, 5.74) is 1.10. The molecule has 17 heavy (non-hydrogen) atoms. The number of aryl methyl sites for hydroxylation is 1. The van der Waals surface area contributed by atoms with Crippen molar-refractivity contribution in [3.05, 3.63) is 18.2 Å². The Morgan fingerprint density at radius 3 is 3.00 bits per heavy atom. The minimum Gasteiger partial charge on any atom is -0.354 e. The maximum Gasteiger partial charge on any atom is 0.221 e. The Hall–Kier alpha value is -1.36. The van der Waals surface area contributed by atoms with Crippen LogP contribution in [0.4, 0.5) is 0 Å². The second kappa shape index (κ2) is 7.06. The van der Waals surface area contributed by atoms with E-state index in [1.54, 1.807) is 6.33 Å². The van der Waals surface area contributed by atoms with Gasteiger partial charge in [0.15, 0.2) is 0 Å². The summed E-state index contributed by atoms with van der Waals surface area (Å²) >= 11 is 0. The van der Waals surface area contributed by atoms with E-state index in [-0.39, 0.29) is 11.9 Å². The molecule has 1 amide bonds. The summed E-state index contributed by atoms with van der Waals surface area (Å²) in [6, 6.07) is 0.252. The van der Waals surface area contributed by atoms with Crippen LogP contribution in [0.25, 0.3) is 0 Å². The Morgan fingerprint density at radius 1 is 1.59 bits per heavy atom. The third-order valence-electron chi connectivity index (χ3n) is 2.76. The van der Waals surface area contributed by atoms with Gasteiger partial charge in [0.05, 0.1) is 12.0 Å². The van der Waals surface area contributed by atoms with Crippen LogP contribution in [0, 0.1) is 0 Å². The Balaban J connectivity index is 2.39. The Bertz CT molecular complexity index is 348. The molecule has 0 spiro atoms. The zero-order chi connectivity index (χ0) is 12.7. The van der Waals surface area contributed by atoms with E-state index in [1.807, 2.05) is 24.7 Å². The molecular weight excluding hydrogens is 216 g/mol. The summed E-state index contributed by atoms with van der Waals surface area (Å²) in [5, 5.41) is 6.03. The second-order valence-corrected chi connectivity index (χ2v) is 4.24. The third-order valence-corrected chi connectivity index (χ3v) is 2.76. The van der Waals surface area contributed by atoms with E-state index >= 15 is 0 Å². The lowest BCUT2D eigenvalue weighted by Crippen LogP contribution is -2.32. The SMILES string of the molecule is CCC(C)NC(=O)CCn1cncc1CNC. The van der Waals surface area contributed by atoms with E-state index in [0.717, 1.165) is 18.7 Å². The molecule has 0 aliphatic carbocycles. The number of hydrogen-bond acceptors (Lipinski definition) is 3. The molecule has 1 unspecified atom stereocenters. The van der Waals surface area contributed by atoms with E-state index in [1.165, 1.54) is 0 Å². The normalized spacial score (nSPS) is 12.4. The monoisotopic (exact) mass is 238 g/mol. The molecule has 0 saturated heterocycles. The fourth-order valence-electron chi connectivity index (χ4n) is 1.55. The summed E-state index contributed by atoms with van der Waals surface area (Å²) in [4.78, 5) is 15.7. The van der Waals surface area contributed by atoms with Crippen LogP contribution in [0.3, 0.4) is 0 Å². The molecule has 1 heterocycles. The van der Waals surface area contributed by atoms with Gasteiger partial charge in [0.1, 0.15) is 0 Å². The highest BCUT2D eigenvalue weighted by Crippen LogP contribution is 2.01. The second-order valence-electron chi connectivity index (χ2n) is 4.24. The molecule has 5 heteroatoms. The number of nitrogens with zero attached hydrogens (tertiary/aromatic N) is 2. The highest BCUT2D eigenvalue weighted by atomic mass is 16.1. The summed E-state index contributed by atoms with van der Waals surface area (Å²) in [7, 11) is 1.90. The first-order chi connectivity index (χ1) is 8.17. The standard InChI is InChI=1S/C12H22N4O/c1-4-10(2)15-12(17)5-6-16-9-14-8-11(16)7-13-3/h8-10,13H,4-7H2,1-3H3,(H,15,17). The number of rotatable bonds is 7. The van der Waals surface area contributed by atoms with Gasteiger partial charge in [0.2, 0.25) is 5.91 Å². The van der Waals surface area contributed by atoms with Crippen LogP contribution >= 0.6 is 0 Å². The van der Waals surface area contributed by atoms with Gasteiger partial charge in [-0.3, -0.25) is 4.79 Å². The average molecular weight is 238 g/mol. The maximum atomic E-state index is 11.6. The molecule has 0 radical (unpaired) electrons. The van der Waals surface area contributed by atoms with Crippen molar-refractivity contribution in [2.75, 3.05) is 7.05 Å². The van der Waals surface area contributed by atoms with Crippen molar-refractivity contribution in [1.82, 2.24) is 20.2 Å². The van der Waals surface area contributed by atoms with Gasteiger partial charge < -0.3 is 15.2 Å². The Labute approximate surface area is 103 Å². The summed E-state index contributed by atoms with van der Waals surface area (Å²) in [6.45, 7) is 5.53. The van der Waals surface area contributed by atoms with Gasteiger partial charge in [-0.25, -0.2) is 4.98 Å². The zero-order valence-electron chi connectivity index (χ0n) is 10.9. The first kappa shape index (κ1) is 13.7. The number of hydrogen-bond donors (Lipinski definition) is 2. The van der Waals surface area contributed by atoms with Crippen molar-refractivity contribution in [3.63, 3.8) is 0 Å². The molecule has 1 aromatic rings. The lowest BCUT2D eigenvalue weighted by Gasteiger charge is -2.12. The number of carbonyl (C=O) groups is 1. The van der Waals surface area contributed by atoms with Crippen molar-refractivity contribution >= 4 is 5.91 Å². The quantitative estimate of drug-likeness (QED) is 0.742. The van der Waals surface area contributed by atoms with Gasteiger partial charge in [0, 0.05) is 31.7 Å². The molecule has 2 N–H and O–H groups in total. The van der Waals surface area contributed by atoms with Crippen LogP contribution in [0.15, 0.2) is 12.5 Å². The maximum absolute atomic E-state index is 11.6. The largest absolute Gasteiger partial charge is 0.354 e. The molecule has 0 aliphatic rings. The molecule has 1 atom stereocenters. The number of imidazole rings is 1. The molecule has 5 nitrogen and oxygen atoms in total. The summed E-state index contributed by atoms with van der Waals surface area (Å²) < 4.78 is 2.01. The molecule has 0 fully saturated rings. The number of amides is 1. The van der Waals surface area contributed by atoms with Crippen LogP contribution in [-0.4, -0.2) is 28.5 Å². The third kappa shape index (κ3) is 4.56. The number of nitrogens with one attached hydrogen (secondary N) is 2. The fourth-order valence-corrected chi connectivity index (χ4v) is 1.55. The molecule has 0 aliphatic heterocycles. The lowest BCUT2D eigenvalue weighted by molar-refractivity contribution is -0.121. The van der Waals surface area contributed by atoms with Gasteiger partial charge in [-0.1, -0.05) is 6.92 Å². The van der Waals surface area contributed by atoms with Crippen molar-refractivity contribution in [1.29, 1.82) is 0 Å². The molecule has 1 aromatic heterocycles. The number of aromatic nitrogens is 2. The highest BCUT2D eigenvalue weighted by Gasteiger charge is 2.07. The van der Waals surface area contributed by atoms with Crippen molar-refractivity contribution < 1.29 is 4.79 Å². The molecule has 96 valence electrons. The van der Waals surface area contributed by atoms with Gasteiger partial charge in [-0.05, 0) is 20.4 Å². The molecule has 0 bridgehead atoms. The zero-order valence-corrected chi connectivity index (χ0v) is 10.9. The van der Waals surface area contributed by atoms with Crippen LogP contribution in [0.2, 0.25) is 0 Å². The first-order valence-electron chi connectivity index (χ1n) is 6.10. The molecule has 0 saturated carbocycles. The van der Waals surface area contributed by atoms with E-state index in [2.05, 4.69) is 22.5 Å². The minimum atomic E-state index is 0.100. The van der Waals surface area contributed by atoms with E-state index < -0.39 is 0 Å². The van der Waals surface area contributed by atoms with Crippen molar-refractivity contribution in [3.8, 4) is 0 Å². The van der Waals surface area contributed by atoms with E-state index in [0.29, 0.717) is 13.0 Å². The topological polar surface area (TPSA) is 59.0 Å². The highest BCUT2D eigenvalue weighted by molar-refractivity contribution is 5.76. The van der Waals surface area contributed by atoms with Gasteiger partial charge in [-0.2, -0.15) is 0 Å². The van der Waals surface area contributed by atoms with E-state index in [4.69, 9.17) is 0 Å². The van der Waals surface area contributed by atoms with Gasteiger partial charge >= 0.3 is 0 Å². The lowest BCUT2D eigenvalue weighted by atomic mass is 10.2. The fraction of sp³-hybridized carbons (Fsp3) is 0.667. The van der Waals surface area contributed by atoms with Crippen molar-refractivity contribution in [2.45, 2.75) is 45.8 Å². The minimum absolute atomic E-state index is 0.100. The van der Waals surface area contributed by atoms with E-state index in [9.17, 15) is 4.79 Å². The first-order valence-corrected chi connectivity index (χ1v) is 6.10. The van der Waals surface area contributed by atoms with Crippen LogP contribution in [0.5, 0.6) is 0 Å². The van der Waals surface area contributed by atoms with Crippen LogP contribution in [-0.2, 0) is 17.9 Å². The van der Waals surface area contributed by atoms with Crippen LogP contribution in [0.1, 0.15) is 32.4 Å². The molecule has 0 aromatic carbocycles. The Morgan fingerprint density at radius 2 is 2.35 bits per heavy atom. The summed E-state index contributed by atoms with van der Waals surface area (Å²) in [5.74, 6) is 0.100. The Kier molecular flexibility index (Phi) is 5.69. The van der Waals surface area contributed by atoms with Crippen LogP contribution < -0.4 is 10.6 Å². The van der Waals surface area contributed by atoms with Gasteiger partial charge in [0.25, 0.3) is 0 Å².